The van der Waals surface area contributed by atoms with Gasteiger partial charge in [0.2, 0.25) is 0 Å². The fourth-order valence-corrected chi connectivity index (χ4v) is 2.43. The fourth-order valence-electron chi connectivity index (χ4n) is 2.43. The molecule has 2 unspecified atom stereocenters. The van der Waals surface area contributed by atoms with Gasteiger partial charge in [-0.15, -0.1) is 0 Å². The largest absolute Gasteiger partial charge is 0.395 e. The van der Waals surface area contributed by atoms with E-state index in [1.807, 2.05) is 0 Å². The van der Waals surface area contributed by atoms with Crippen molar-refractivity contribution >= 4 is 0 Å². The van der Waals surface area contributed by atoms with E-state index >= 15 is 0 Å². The van der Waals surface area contributed by atoms with E-state index in [1.54, 1.807) is 0 Å². The molecule has 0 aromatic carbocycles. The molecule has 0 aromatic heterocycles. The third kappa shape index (κ3) is 0.934. The van der Waals surface area contributed by atoms with Crippen LogP contribution in [-0.2, 0) is 4.74 Å². The molecule has 1 saturated carbocycles. The third-order valence-corrected chi connectivity index (χ3v) is 3.38. The minimum Gasteiger partial charge on any atom is -0.395 e. The molecule has 0 amide bonds. The SMILES string of the molecule is OCC1(CO)C2CCCCC1O2. The lowest BCUT2D eigenvalue weighted by Crippen LogP contribution is -2.62. The van der Waals surface area contributed by atoms with Crippen molar-refractivity contribution in [3.63, 3.8) is 0 Å². The first kappa shape index (κ1) is 8.48. The molecule has 0 spiro atoms. The summed E-state index contributed by atoms with van der Waals surface area (Å²) in [5, 5.41) is 18.5. The molecule has 2 bridgehead atoms. The van der Waals surface area contributed by atoms with E-state index in [9.17, 15) is 10.2 Å². The minimum absolute atomic E-state index is 0.0683. The van der Waals surface area contributed by atoms with Crippen molar-refractivity contribution in [3.8, 4) is 0 Å². The van der Waals surface area contributed by atoms with Crippen LogP contribution in [0.2, 0.25) is 0 Å². The highest BCUT2D eigenvalue weighted by molar-refractivity contribution is 5.03. The van der Waals surface area contributed by atoms with E-state index in [1.165, 1.54) is 12.8 Å². The normalized spacial score (nSPS) is 38.5. The lowest BCUT2D eigenvalue weighted by Gasteiger charge is -2.52. The van der Waals surface area contributed by atoms with Crippen LogP contribution in [0.25, 0.3) is 0 Å². The molecule has 3 rings (SSSR count). The lowest BCUT2D eigenvalue weighted by molar-refractivity contribution is -0.273. The van der Waals surface area contributed by atoms with Crippen molar-refractivity contribution in [2.45, 2.75) is 37.9 Å². The van der Waals surface area contributed by atoms with E-state index in [0.29, 0.717) is 0 Å². The van der Waals surface area contributed by atoms with Crippen molar-refractivity contribution in [1.29, 1.82) is 0 Å². The Kier molecular flexibility index (Phi) is 2.10. The summed E-state index contributed by atoms with van der Waals surface area (Å²) in [5.74, 6) is 0. The summed E-state index contributed by atoms with van der Waals surface area (Å²) in [7, 11) is 0. The molecule has 3 aliphatic rings. The van der Waals surface area contributed by atoms with Crippen molar-refractivity contribution in [2.24, 2.45) is 5.41 Å². The molecule has 2 N–H and O–H groups in total. The first-order chi connectivity index (χ1) is 5.83. The Hall–Kier alpha value is -0.120. The highest BCUT2D eigenvalue weighted by atomic mass is 16.5. The smallest absolute Gasteiger partial charge is 0.0704 e. The minimum atomic E-state index is -0.309. The van der Waals surface area contributed by atoms with Crippen molar-refractivity contribution in [1.82, 2.24) is 0 Å². The monoisotopic (exact) mass is 172 g/mol. The van der Waals surface area contributed by atoms with Crippen molar-refractivity contribution < 1.29 is 14.9 Å². The molecule has 12 heavy (non-hydrogen) atoms. The predicted octanol–water partition coefficient (Wildman–Crippen LogP) is 0.299. The third-order valence-electron chi connectivity index (χ3n) is 3.38. The van der Waals surface area contributed by atoms with Gasteiger partial charge in [-0.1, -0.05) is 12.8 Å². The molecular formula is C9H16O3. The van der Waals surface area contributed by atoms with Crippen LogP contribution < -0.4 is 0 Å². The Morgan fingerprint density at radius 3 is 2.00 bits per heavy atom. The number of aliphatic hydroxyl groups excluding tert-OH is 2. The summed E-state index contributed by atoms with van der Waals surface area (Å²) in [5.41, 5.74) is -0.309. The Bertz CT molecular complexity index is 147. The average molecular weight is 172 g/mol. The highest BCUT2D eigenvalue weighted by Gasteiger charge is 2.56. The standard InChI is InChI=1S/C9H16O3/c10-5-9(6-11)7-3-1-2-4-8(9)12-7/h7-8,10-11H,1-6H2. The number of fused-ring (bicyclic) bond motifs is 3. The maximum absolute atomic E-state index is 9.23. The summed E-state index contributed by atoms with van der Waals surface area (Å²) in [4.78, 5) is 0. The van der Waals surface area contributed by atoms with Gasteiger partial charge in [0.1, 0.15) is 0 Å². The average Bonchev–Trinajstić information content (AvgIpc) is 2.39. The molecule has 3 heteroatoms. The quantitative estimate of drug-likeness (QED) is 0.629. The first-order valence-electron chi connectivity index (χ1n) is 4.70. The van der Waals surface area contributed by atoms with Crippen LogP contribution in [0, 0.1) is 5.41 Å². The van der Waals surface area contributed by atoms with E-state index in [0.717, 1.165) is 12.8 Å². The van der Waals surface area contributed by atoms with Gasteiger partial charge in [0.25, 0.3) is 0 Å². The van der Waals surface area contributed by atoms with E-state index in [4.69, 9.17) is 4.74 Å². The summed E-state index contributed by atoms with van der Waals surface area (Å²) in [6, 6.07) is 0. The number of hydrogen-bond acceptors (Lipinski definition) is 3. The zero-order valence-electron chi connectivity index (χ0n) is 7.20. The van der Waals surface area contributed by atoms with Crippen LogP contribution in [0.3, 0.4) is 0 Å². The van der Waals surface area contributed by atoms with Gasteiger partial charge in [0.15, 0.2) is 0 Å². The molecular weight excluding hydrogens is 156 g/mol. The first-order valence-corrected chi connectivity index (χ1v) is 4.70. The molecule has 3 fully saturated rings. The summed E-state index contributed by atoms with van der Waals surface area (Å²) < 4.78 is 5.58. The van der Waals surface area contributed by atoms with Crippen molar-refractivity contribution in [3.05, 3.63) is 0 Å². The molecule has 70 valence electrons. The Balaban J connectivity index is 2.14. The topological polar surface area (TPSA) is 49.7 Å². The second-order valence-electron chi connectivity index (χ2n) is 3.95. The second kappa shape index (κ2) is 2.98. The van der Waals surface area contributed by atoms with Gasteiger partial charge in [-0.3, -0.25) is 0 Å². The zero-order chi connectivity index (χ0) is 8.60. The molecule has 1 aliphatic carbocycles. The van der Waals surface area contributed by atoms with Crippen LogP contribution in [0.15, 0.2) is 0 Å². The molecule has 0 radical (unpaired) electrons. The zero-order valence-corrected chi connectivity index (χ0v) is 7.20. The molecule has 2 aliphatic heterocycles. The van der Waals surface area contributed by atoms with Crippen LogP contribution >= 0.6 is 0 Å². The fraction of sp³-hybridized carbons (Fsp3) is 1.00. The van der Waals surface area contributed by atoms with Gasteiger partial charge in [-0.05, 0) is 12.8 Å². The number of ether oxygens (including phenoxy) is 1. The molecule has 0 aromatic rings. The maximum Gasteiger partial charge on any atom is 0.0704 e. The van der Waals surface area contributed by atoms with Gasteiger partial charge < -0.3 is 14.9 Å². The van der Waals surface area contributed by atoms with Crippen LogP contribution in [0.5, 0.6) is 0 Å². The van der Waals surface area contributed by atoms with Crippen LogP contribution in [0.4, 0.5) is 0 Å². The van der Waals surface area contributed by atoms with E-state index in [2.05, 4.69) is 0 Å². The highest BCUT2D eigenvalue weighted by Crippen LogP contribution is 2.47. The van der Waals surface area contributed by atoms with E-state index < -0.39 is 0 Å². The van der Waals surface area contributed by atoms with Gasteiger partial charge in [-0.2, -0.15) is 0 Å². The van der Waals surface area contributed by atoms with Crippen molar-refractivity contribution in [2.75, 3.05) is 13.2 Å². The summed E-state index contributed by atoms with van der Waals surface area (Å²) in [6.45, 7) is 0.137. The van der Waals surface area contributed by atoms with Gasteiger partial charge in [-0.25, -0.2) is 0 Å². The van der Waals surface area contributed by atoms with Gasteiger partial charge in [0, 0.05) is 0 Å². The Morgan fingerprint density at radius 2 is 1.58 bits per heavy atom. The molecule has 2 saturated heterocycles. The lowest BCUT2D eigenvalue weighted by atomic mass is 9.72. The van der Waals surface area contributed by atoms with Crippen LogP contribution in [-0.4, -0.2) is 35.6 Å². The maximum atomic E-state index is 9.23. The molecule has 2 heterocycles. The molecule has 2 atom stereocenters. The number of rotatable bonds is 2. The second-order valence-corrected chi connectivity index (χ2v) is 3.95. The van der Waals surface area contributed by atoms with E-state index in [-0.39, 0.29) is 30.8 Å². The molecule has 3 nitrogen and oxygen atoms in total. The predicted molar refractivity (Wildman–Crippen MR) is 43.7 cm³/mol. The Labute approximate surface area is 72.3 Å². The van der Waals surface area contributed by atoms with Crippen LogP contribution in [0.1, 0.15) is 25.7 Å². The number of hydrogen-bond donors (Lipinski definition) is 2. The Morgan fingerprint density at radius 1 is 1.08 bits per heavy atom. The van der Waals surface area contributed by atoms with Gasteiger partial charge in [0.05, 0.1) is 30.8 Å². The summed E-state index contributed by atoms with van der Waals surface area (Å²) in [6.07, 6.45) is 4.56. The van der Waals surface area contributed by atoms with Gasteiger partial charge >= 0.3 is 0 Å². The number of aliphatic hydroxyl groups is 2. The summed E-state index contributed by atoms with van der Waals surface area (Å²) >= 11 is 0.